The van der Waals surface area contributed by atoms with Gasteiger partial charge in [-0.25, -0.2) is 4.68 Å². The Labute approximate surface area is 141 Å². The van der Waals surface area contributed by atoms with E-state index in [1.54, 1.807) is 0 Å². The molecule has 0 spiro atoms. The second kappa shape index (κ2) is 7.15. The molecule has 6 heteroatoms. The summed E-state index contributed by atoms with van der Waals surface area (Å²) in [6.45, 7) is 5.77. The summed E-state index contributed by atoms with van der Waals surface area (Å²) < 4.78 is 1.84. The van der Waals surface area contributed by atoms with Crippen molar-refractivity contribution in [1.29, 1.82) is 0 Å². The van der Waals surface area contributed by atoms with Gasteiger partial charge in [0.05, 0.1) is 17.9 Å². The largest absolute Gasteiger partial charge is 0.342 e. The highest BCUT2D eigenvalue weighted by molar-refractivity contribution is 6.30. The van der Waals surface area contributed by atoms with E-state index in [-0.39, 0.29) is 5.91 Å². The van der Waals surface area contributed by atoms with Crippen LogP contribution in [0.1, 0.15) is 19.0 Å². The van der Waals surface area contributed by atoms with Crippen molar-refractivity contribution in [2.24, 2.45) is 0 Å². The van der Waals surface area contributed by atoms with Crippen molar-refractivity contribution in [3.63, 3.8) is 0 Å². The van der Waals surface area contributed by atoms with Crippen LogP contribution in [-0.4, -0.2) is 51.7 Å². The van der Waals surface area contributed by atoms with E-state index >= 15 is 0 Å². The van der Waals surface area contributed by atoms with Crippen molar-refractivity contribution < 1.29 is 4.79 Å². The minimum atomic E-state index is 0.210. The fourth-order valence-corrected chi connectivity index (χ4v) is 2.99. The van der Waals surface area contributed by atoms with E-state index < -0.39 is 0 Å². The number of hydrogen-bond acceptors (Lipinski definition) is 3. The first-order valence-corrected chi connectivity index (χ1v) is 8.34. The number of likely N-dealkylation sites (N-methyl/N-ethyl adjacent to an activating group) is 1. The second-order valence-electron chi connectivity index (χ2n) is 5.77. The maximum absolute atomic E-state index is 12.2. The molecule has 122 valence electrons. The molecular formula is C17H21ClN4O. The Morgan fingerprint density at radius 2 is 1.96 bits per heavy atom. The molecule has 1 amide bonds. The van der Waals surface area contributed by atoms with E-state index in [1.165, 1.54) is 0 Å². The van der Waals surface area contributed by atoms with E-state index in [0.29, 0.717) is 18.1 Å². The van der Waals surface area contributed by atoms with Gasteiger partial charge >= 0.3 is 0 Å². The van der Waals surface area contributed by atoms with Gasteiger partial charge in [-0.05, 0) is 43.7 Å². The molecule has 0 aliphatic carbocycles. The molecule has 2 aromatic rings. The molecule has 1 aromatic carbocycles. The average Bonchev–Trinajstić information content (AvgIpc) is 2.92. The van der Waals surface area contributed by atoms with Gasteiger partial charge < -0.3 is 4.90 Å². The van der Waals surface area contributed by atoms with Gasteiger partial charge in [0.2, 0.25) is 5.91 Å². The SMILES string of the molecule is CCN1CCCN(Cc2ccn(-c3ccc(Cl)cc3)n2)CC1=O. The number of benzene rings is 1. The summed E-state index contributed by atoms with van der Waals surface area (Å²) in [4.78, 5) is 16.2. The monoisotopic (exact) mass is 332 g/mol. The van der Waals surface area contributed by atoms with Crippen LogP contribution in [0.2, 0.25) is 5.02 Å². The number of amides is 1. The predicted molar refractivity (Wildman–Crippen MR) is 90.7 cm³/mol. The molecule has 1 aliphatic rings. The van der Waals surface area contributed by atoms with Crippen molar-refractivity contribution in [2.75, 3.05) is 26.2 Å². The molecule has 0 N–H and O–H groups in total. The number of halogens is 1. The second-order valence-corrected chi connectivity index (χ2v) is 6.20. The number of aromatic nitrogens is 2. The van der Waals surface area contributed by atoms with Gasteiger partial charge in [-0.1, -0.05) is 11.6 Å². The zero-order valence-corrected chi connectivity index (χ0v) is 14.0. The van der Waals surface area contributed by atoms with E-state index in [4.69, 9.17) is 11.6 Å². The van der Waals surface area contributed by atoms with Gasteiger partial charge in [0.25, 0.3) is 0 Å². The highest BCUT2D eigenvalue weighted by Gasteiger charge is 2.21. The summed E-state index contributed by atoms with van der Waals surface area (Å²) in [7, 11) is 0. The van der Waals surface area contributed by atoms with Gasteiger partial charge in [-0.2, -0.15) is 5.10 Å². The molecule has 1 aromatic heterocycles. The summed E-state index contributed by atoms with van der Waals surface area (Å²) in [5, 5.41) is 5.32. The van der Waals surface area contributed by atoms with Crippen LogP contribution in [-0.2, 0) is 11.3 Å². The third kappa shape index (κ3) is 3.92. The van der Waals surface area contributed by atoms with Crippen LogP contribution in [0.15, 0.2) is 36.5 Å². The van der Waals surface area contributed by atoms with Crippen molar-refractivity contribution in [3.05, 3.63) is 47.2 Å². The van der Waals surface area contributed by atoms with E-state index in [2.05, 4.69) is 10.00 Å². The molecule has 1 aliphatic heterocycles. The van der Waals surface area contributed by atoms with Crippen LogP contribution in [0.25, 0.3) is 5.69 Å². The Balaban J connectivity index is 1.67. The first-order chi connectivity index (χ1) is 11.2. The number of nitrogens with zero attached hydrogens (tertiary/aromatic N) is 4. The summed E-state index contributed by atoms with van der Waals surface area (Å²) in [6, 6.07) is 9.58. The Bertz CT molecular complexity index is 667. The lowest BCUT2D eigenvalue weighted by Gasteiger charge is -2.19. The van der Waals surface area contributed by atoms with Crippen LogP contribution < -0.4 is 0 Å². The molecule has 0 atom stereocenters. The lowest BCUT2D eigenvalue weighted by Crippen LogP contribution is -2.36. The van der Waals surface area contributed by atoms with Crippen LogP contribution >= 0.6 is 11.6 Å². The fourth-order valence-electron chi connectivity index (χ4n) is 2.86. The molecule has 5 nitrogen and oxygen atoms in total. The third-order valence-corrected chi connectivity index (χ3v) is 4.37. The van der Waals surface area contributed by atoms with Crippen LogP contribution in [0.3, 0.4) is 0 Å². The zero-order chi connectivity index (χ0) is 16.2. The topological polar surface area (TPSA) is 41.4 Å². The molecular weight excluding hydrogens is 312 g/mol. The Morgan fingerprint density at radius 1 is 1.17 bits per heavy atom. The quantitative estimate of drug-likeness (QED) is 0.864. The summed E-state index contributed by atoms with van der Waals surface area (Å²) >= 11 is 5.91. The van der Waals surface area contributed by atoms with Gasteiger partial charge in [0.1, 0.15) is 0 Å². The third-order valence-electron chi connectivity index (χ3n) is 4.12. The van der Waals surface area contributed by atoms with Crippen LogP contribution in [0, 0.1) is 0 Å². The van der Waals surface area contributed by atoms with Gasteiger partial charge in [0, 0.05) is 37.4 Å². The molecule has 0 saturated carbocycles. The number of hydrogen-bond donors (Lipinski definition) is 0. The standard InChI is InChI=1S/C17H21ClN4O/c1-2-21-10-3-9-20(13-17(21)23)12-15-8-11-22(19-15)16-6-4-14(18)5-7-16/h4-8,11H,2-3,9-10,12-13H2,1H3. The molecule has 0 radical (unpaired) electrons. The summed E-state index contributed by atoms with van der Waals surface area (Å²) in [5.41, 5.74) is 1.95. The van der Waals surface area contributed by atoms with Crippen molar-refractivity contribution in [2.45, 2.75) is 19.9 Å². The average molecular weight is 333 g/mol. The highest BCUT2D eigenvalue weighted by atomic mass is 35.5. The first-order valence-electron chi connectivity index (χ1n) is 7.96. The van der Waals surface area contributed by atoms with Crippen LogP contribution in [0.4, 0.5) is 0 Å². The first kappa shape index (κ1) is 16.0. The van der Waals surface area contributed by atoms with Crippen molar-refractivity contribution >= 4 is 17.5 Å². The van der Waals surface area contributed by atoms with E-state index in [9.17, 15) is 4.79 Å². The normalized spacial score (nSPS) is 16.6. The van der Waals surface area contributed by atoms with Gasteiger partial charge in [-0.15, -0.1) is 0 Å². The molecule has 0 bridgehead atoms. The molecule has 0 unspecified atom stereocenters. The molecule has 2 heterocycles. The number of rotatable bonds is 4. The Kier molecular flexibility index (Phi) is 4.98. The molecule has 1 fully saturated rings. The predicted octanol–water partition coefficient (Wildman–Crippen LogP) is 2.58. The minimum absolute atomic E-state index is 0.210. The minimum Gasteiger partial charge on any atom is -0.342 e. The number of carbonyl (C=O) groups excluding carboxylic acids is 1. The van der Waals surface area contributed by atoms with Crippen LogP contribution in [0.5, 0.6) is 0 Å². The zero-order valence-electron chi connectivity index (χ0n) is 13.3. The van der Waals surface area contributed by atoms with Crippen molar-refractivity contribution in [1.82, 2.24) is 19.6 Å². The van der Waals surface area contributed by atoms with Gasteiger partial charge in [-0.3, -0.25) is 9.69 Å². The van der Waals surface area contributed by atoms with E-state index in [0.717, 1.165) is 37.4 Å². The van der Waals surface area contributed by atoms with Crippen molar-refractivity contribution in [3.8, 4) is 5.69 Å². The fraction of sp³-hybridized carbons (Fsp3) is 0.412. The molecule has 1 saturated heterocycles. The Morgan fingerprint density at radius 3 is 2.70 bits per heavy atom. The van der Waals surface area contributed by atoms with E-state index in [1.807, 2.05) is 53.0 Å². The lowest BCUT2D eigenvalue weighted by atomic mass is 10.3. The smallest absolute Gasteiger partial charge is 0.236 e. The van der Waals surface area contributed by atoms with Gasteiger partial charge in [0.15, 0.2) is 0 Å². The molecule has 3 rings (SSSR count). The summed E-state index contributed by atoms with van der Waals surface area (Å²) in [6.07, 6.45) is 2.95. The Hall–Kier alpha value is -1.85. The lowest BCUT2D eigenvalue weighted by molar-refractivity contribution is -0.131. The highest BCUT2D eigenvalue weighted by Crippen LogP contribution is 2.14. The number of carbonyl (C=O) groups is 1. The maximum atomic E-state index is 12.2. The maximum Gasteiger partial charge on any atom is 0.236 e. The summed E-state index contributed by atoms with van der Waals surface area (Å²) in [5.74, 6) is 0.210. The molecule has 23 heavy (non-hydrogen) atoms.